The molecule has 4 saturated heterocycles. The zero-order valence-electron chi connectivity index (χ0n) is 23.9. The number of aromatic hydroxyl groups is 1. The number of pyridine rings is 1. The van der Waals surface area contributed by atoms with Crippen LogP contribution >= 0.6 is 0 Å². The predicted molar refractivity (Wildman–Crippen MR) is 157 cm³/mol. The number of ether oxygens (including phenoxy) is 1. The van der Waals surface area contributed by atoms with Crippen LogP contribution in [0, 0.1) is 11.6 Å². The Morgan fingerprint density at radius 1 is 1.19 bits per heavy atom. The number of nitrogens with zero attached hydrogens (tertiary/aromatic N) is 5. The Morgan fingerprint density at radius 3 is 2.86 bits per heavy atom. The summed E-state index contributed by atoms with van der Waals surface area (Å²) in [7, 11) is 0. The van der Waals surface area contributed by atoms with Crippen molar-refractivity contribution in [2.75, 3.05) is 37.7 Å². The molecule has 8 nitrogen and oxygen atoms in total. The Balaban J connectivity index is 1.28. The molecule has 4 fully saturated rings. The van der Waals surface area contributed by atoms with Gasteiger partial charge >= 0.3 is 6.01 Å². The van der Waals surface area contributed by atoms with Gasteiger partial charge in [0.1, 0.15) is 41.4 Å². The van der Waals surface area contributed by atoms with Crippen molar-refractivity contribution in [2.24, 2.45) is 0 Å². The van der Waals surface area contributed by atoms with E-state index in [4.69, 9.17) is 9.72 Å². The van der Waals surface area contributed by atoms with Gasteiger partial charge < -0.3 is 20.1 Å². The van der Waals surface area contributed by atoms with Crippen LogP contribution in [0.5, 0.6) is 11.8 Å². The molecule has 2 aromatic heterocycles. The topological polar surface area (TPSA) is 86.6 Å². The van der Waals surface area contributed by atoms with E-state index in [0.29, 0.717) is 58.5 Å². The van der Waals surface area contributed by atoms with E-state index in [-0.39, 0.29) is 35.6 Å². The third-order valence-corrected chi connectivity index (χ3v) is 9.96. The van der Waals surface area contributed by atoms with Gasteiger partial charge in [-0.05, 0) is 66.8 Å². The highest BCUT2D eigenvalue weighted by Gasteiger charge is 2.49. The first-order valence-corrected chi connectivity index (χ1v) is 15.2. The molecule has 43 heavy (non-hydrogen) atoms. The number of fused-ring (bicyclic) bond motifs is 5. The van der Waals surface area contributed by atoms with Gasteiger partial charge in [-0.3, -0.25) is 9.88 Å². The van der Waals surface area contributed by atoms with Crippen LogP contribution in [0.4, 0.5) is 19.0 Å². The fourth-order valence-electron chi connectivity index (χ4n) is 7.99. The minimum Gasteiger partial charge on any atom is -0.508 e. The summed E-state index contributed by atoms with van der Waals surface area (Å²) in [6.45, 7) is 4.81. The number of piperazine rings is 1. The van der Waals surface area contributed by atoms with Crippen molar-refractivity contribution in [3.05, 3.63) is 47.7 Å². The van der Waals surface area contributed by atoms with Crippen LogP contribution in [0.3, 0.4) is 0 Å². The average Bonchev–Trinajstić information content (AvgIpc) is 3.77. The second-order valence-corrected chi connectivity index (χ2v) is 12.5. The van der Waals surface area contributed by atoms with E-state index in [1.807, 2.05) is 6.92 Å². The fourth-order valence-corrected chi connectivity index (χ4v) is 7.99. The lowest BCUT2D eigenvalue weighted by Gasteiger charge is -2.32. The minimum absolute atomic E-state index is 0.0365. The molecule has 2 N–H and O–H groups in total. The van der Waals surface area contributed by atoms with Gasteiger partial charge in [0.2, 0.25) is 0 Å². The van der Waals surface area contributed by atoms with E-state index in [9.17, 15) is 13.9 Å². The number of anilines is 1. The number of hydrogen-bond donors (Lipinski definition) is 2. The zero-order valence-corrected chi connectivity index (χ0v) is 23.9. The quantitative estimate of drug-likeness (QED) is 0.328. The lowest BCUT2D eigenvalue weighted by Crippen LogP contribution is -2.44. The van der Waals surface area contributed by atoms with Crippen molar-refractivity contribution in [3.63, 3.8) is 0 Å². The lowest BCUT2D eigenvalue weighted by atomic mass is 9.94. The first-order chi connectivity index (χ1) is 20.8. The second-order valence-electron chi connectivity index (χ2n) is 12.5. The third kappa shape index (κ3) is 4.22. The van der Waals surface area contributed by atoms with Crippen LogP contribution in [0.25, 0.3) is 32.9 Å². The molecule has 0 spiro atoms. The maximum atomic E-state index is 16.7. The van der Waals surface area contributed by atoms with Crippen LogP contribution in [0.15, 0.2) is 30.5 Å². The molecule has 0 amide bonds. The Kier molecular flexibility index (Phi) is 6.20. The van der Waals surface area contributed by atoms with E-state index in [1.54, 1.807) is 12.3 Å². The maximum absolute atomic E-state index is 16.7. The first kappa shape index (κ1) is 26.9. The highest BCUT2D eigenvalue weighted by atomic mass is 19.1. The number of halogens is 3. The monoisotopic (exact) mass is 590 g/mol. The molecule has 11 heteroatoms. The van der Waals surface area contributed by atoms with Gasteiger partial charge in [0.05, 0.1) is 10.9 Å². The highest BCUT2D eigenvalue weighted by molar-refractivity contribution is 6.01. The number of aryl methyl sites for hydroxylation is 1. The Bertz CT molecular complexity index is 1770. The van der Waals surface area contributed by atoms with Crippen LogP contribution in [-0.4, -0.2) is 81.5 Å². The van der Waals surface area contributed by atoms with E-state index >= 15 is 4.39 Å². The SMILES string of the molecule is CCc1c(F)ccc2cc(O)cc(-c3ncc4c(N5C[C@H]6C[C@@H]5CN6)nc(OC[C@@]56CCCN5C[C@H](F)C6)nc4c3F)c12. The minimum atomic E-state index is -0.898. The number of rotatable bonds is 6. The van der Waals surface area contributed by atoms with E-state index in [2.05, 4.69) is 25.1 Å². The molecule has 0 aliphatic carbocycles. The summed E-state index contributed by atoms with van der Waals surface area (Å²) in [4.78, 5) is 18.2. The summed E-state index contributed by atoms with van der Waals surface area (Å²) in [5.74, 6) is -0.613. The molecule has 0 unspecified atom stereocenters. The average molecular weight is 591 g/mol. The molecule has 8 rings (SSSR count). The number of benzene rings is 2. The summed E-state index contributed by atoms with van der Waals surface area (Å²) < 4.78 is 52.3. The summed E-state index contributed by atoms with van der Waals surface area (Å²) in [5.41, 5.74) is 0.313. The summed E-state index contributed by atoms with van der Waals surface area (Å²) >= 11 is 0. The van der Waals surface area contributed by atoms with E-state index in [0.717, 1.165) is 38.9 Å². The van der Waals surface area contributed by atoms with Crippen molar-refractivity contribution in [1.82, 2.24) is 25.2 Å². The summed E-state index contributed by atoms with van der Waals surface area (Å²) in [6.07, 6.45) is 4.22. The molecular formula is C32H33F3N6O2. The van der Waals surface area contributed by atoms with E-state index in [1.165, 1.54) is 18.2 Å². The van der Waals surface area contributed by atoms with E-state index < -0.39 is 23.3 Å². The number of hydrogen-bond acceptors (Lipinski definition) is 8. The largest absolute Gasteiger partial charge is 0.508 e. The molecule has 6 heterocycles. The number of phenols is 1. The number of nitrogens with one attached hydrogen (secondary N) is 1. The van der Waals surface area contributed by atoms with Gasteiger partial charge in [-0.15, -0.1) is 0 Å². The molecule has 4 aliphatic rings. The Morgan fingerprint density at radius 2 is 2.07 bits per heavy atom. The van der Waals surface area contributed by atoms with Gasteiger partial charge in [0.25, 0.3) is 0 Å². The number of phenolic OH excluding ortho intramolecular Hbond substituents is 1. The van der Waals surface area contributed by atoms with Gasteiger partial charge in [-0.1, -0.05) is 13.0 Å². The normalized spacial score (nSPS) is 26.7. The van der Waals surface area contributed by atoms with Gasteiger partial charge in [-0.2, -0.15) is 9.97 Å². The number of aromatic nitrogens is 3. The molecule has 224 valence electrons. The molecule has 0 saturated carbocycles. The van der Waals surface area contributed by atoms with Crippen molar-refractivity contribution in [2.45, 2.75) is 62.8 Å². The first-order valence-electron chi connectivity index (χ1n) is 15.2. The van der Waals surface area contributed by atoms with Crippen LogP contribution in [0.2, 0.25) is 0 Å². The molecular weight excluding hydrogens is 557 g/mol. The van der Waals surface area contributed by atoms with Crippen LogP contribution < -0.4 is 15.0 Å². The van der Waals surface area contributed by atoms with Crippen molar-refractivity contribution in [3.8, 4) is 23.0 Å². The fraction of sp³-hybridized carbons (Fsp3) is 0.469. The summed E-state index contributed by atoms with van der Waals surface area (Å²) in [6, 6.07) is 6.46. The predicted octanol–water partition coefficient (Wildman–Crippen LogP) is 4.90. The third-order valence-electron chi connectivity index (χ3n) is 9.96. The molecule has 2 aromatic carbocycles. The van der Waals surface area contributed by atoms with Gasteiger partial charge in [0, 0.05) is 49.9 Å². The van der Waals surface area contributed by atoms with Gasteiger partial charge in [-0.25, -0.2) is 13.2 Å². The molecule has 4 aliphatic heterocycles. The molecule has 2 bridgehead atoms. The summed E-state index contributed by atoms with van der Waals surface area (Å²) in [5, 5.41) is 15.6. The zero-order chi connectivity index (χ0) is 29.5. The maximum Gasteiger partial charge on any atom is 0.319 e. The molecule has 4 aromatic rings. The smallest absolute Gasteiger partial charge is 0.319 e. The Labute approximate surface area is 246 Å². The van der Waals surface area contributed by atoms with Crippen molar-refractivity contribution >= 4 is 27.5 Å². The van der Waals surface area contributed by atoms with Gasteiger partial charge in [0.15, 0.2) is 5.82 Å². The van der Waals surface area contributed by atoms with Crippen molar-refractivity contribution in [1.29, 1.82) is 0 Å². The number of alkyl halides is 1. The standard InChI is InChI=1S/C32H33F3N6O2/c1-2-22-25(34)5-4-17-8-21(42)10-23(26(17)22)28-27(35)29-24(13-37-28)30(41-15-19-9-20(41)12-36-19)39-31(38-29)43-16-32-6-3-7-40(32)14-18(33)11-32/h4-5,8,10,13,18-20,36,42H,2-3,6-7,9,11-12,14-16H2,1H3/t18-,19-,20-,32+/m1/s1. The van der Waals surface area contributed by atoms with Crippen LogP contribution in [0.1, 0.15) is 38.2 Å². The molecule has 0 radical (unpaired) electrons. The molecule has 4 atom stereocenters. The second kappa shape index (κ2) is 9.92. The highest BCUT2D eigenvalue weighted by Crippen LogP contribution is 2.42. The van der Waals surface area contributed by atoms with Crippen LogP contribution in [-0.2, 0) is 6.42 Å². The van der Waals surface area contributed by atoms with Crippen molar-refractivity contribution < 1.29 is 23.0 Å². The lowest BCUT2D eigenvalue weighted by molar-refractivity contribution is 0.107. The Hall–Kier alpha value is -3.70.